The molecule has 1 aliphatic carbocycles. The molecule has 1 spiro atoms. The van der Waals surface area contributed by atoms with Crippen molar-refractivity contribution in [3.8, 4) is 11.8 Å². The molecule has 2 N–H and O–H groups in total. The average Bonchev–Trinajstić information content (AvgIpc) is 3.60. The Morgan fingerprint density at radius 2 is 2.06 bits per heavy atom. The van der Waals surface area contributed by atoms with Crippen LogP contribution in [0.4, 0.5) is 11.6 Å². The third-order valence-corrected chi connectivity index (χ3v) is 7.37. The van der Waals surface area contributed by atoms with Crippen molar-refractivity contribution in [2.45, 2.75) is 57.5 Å². The normalized spacial score (nSPS) is 16.1. The summed E-state index contributed by atoms with van der Waals surface area (Å²) in [7, 11) is 0. The Morgan fingerprint density at radius 1 is 1.22 bits per heavy atom. The molecule has 1 saturated carbocycles. The standard InChI is InChI=1S/C27H28N8O/c1-4-34-24(36)20-15-30-25(32-18-5-6-21-17(13-18)7-12-31-27(21)9-10-27)33-23(20)35(34)19-8-11-29-22(14-19)26(2,3)16-28/h5-6,8,11,13-15,31H,4,7,9-10,12H2,1-3H3,(H,30,32,33). The lowest BCUT2D eigenvalue weighted by Gasteiger charge is -2.27. The number of aromatic nitrogens is 5. The van der Waals surface area contributed by atoms with Crippen LogP contribution in [0.25, 0.3) is 16.7 Å². The highest BCUT2D eigenvalue weighted by Gasteiger charge is 2.46. The van der Waals surface area contributed by atoms with Gasteiger partial charge < -0.3 is 10.6 Å². The molecule has 0 radical (unpaired) electrons. The Bertz CT molecular complexity index is 1600. The molecule has 2 aliphatic rings. The second kappa shape index (κ2) is 8.00. The van der Waals surface area contributed by atoms with Crippen LogP contribution >= 0.6 is 0 Å². The molecule has 36 heavy (non-hydrogen) atoms. The Morgan fingerprint density at radius 3 is 2.81 bits per heavy atom. The van der Waals surface area contributed by atoms with Gasteiger partial charge >= 0.3 is 0 Å². The van der Waals surface area contributed by atoms with E-state index in [9.17, 15) is 10.1 Å². The van der Waals surface area contributed by atoms with E-state index in [-0.39, 0.29) is 11.1 Å². The fourth-order valence-electron chi connectivity index (χ4n) is 5.16. The first-order valence-electron chi connectivity index (χ1n) is 12.4. The Balaban J connectivity index is 1.42. The van der Waals surface area contributed by atoms with Gasteiger partial charge in [-0.15, -0.1) is 0 Å². The fourth-order valence-corrected chi connectivity index (χ4v) is 5.16. The minimum atomic E-state index is -0.765. The van der Waals surface area contributed by atoms with E-state index in [1.807, 2.05) is 32.9 Å². The number of hydrogen-bond acceptors (Lipinski definition) is 7. The third-order valence-electron chi connectivity index (χ3n) is 7.37. The summed E-state index contributed by atoms with van der Waals surface area (Å²) in [6.45, 7) is 7.01. The van der Waals surface area contributed by atoms with E-state index < -0.39 is 5.41 Å². The fraction of sp³-hybridized carbons (Fsp3) is 0.370. The predicted molar refractivity (Wildman–Crippen MR) is 138 cm³/mol. The van der Waals surface area contributed by atoms with Crippen LogP contribution in [0, 0.1) is 11.3 Å². The lowest BCUT2D eigenvalue weighted by atomic mass is 9.91. The van der Waals surface area contributed by atoms with Gasteiger partial charge in [0.1, 0.15) is 5.39 Å². The van der Waals surface area contributed by atoms with Crippen LogP contribution in [0.1, 0.15) is 50.4 Å². The highest BCUT2D eigenvalue weighted by atomic mass is 16.1. The first-order valence-corrected chi connectivity index (χ1v) is 12.4. The Kier molecular flexibility index (Phi) is 4.99. The summed E-state index contributed by atoms with van der Waals surface area (Å²) in [5, 5.41) is 17.0. The molecule has 0 unspecified atom stereocenters. The SMILES string of the molecule is CCn1c(=O)c2cnc(Nc3ccc4c(c3)CCNC43CC3)nc2n1-c1ccnc(C(C)(C)C#N)c1. The van der Waals surface area contributed by atoms with Gasteiger partial charge in [-0.05, 0) is 75.4 Å². The van der Waals surface area contributed by atoms with Crippen molar-refractivity contribution in [1.82, 2.24) is 29.6 Å². The number of benzene rings is 1. The van der Waals surface area contributed by atoms with E-state index in [0.717, 1.165) is 24.3 Å². The van der Waals surface area contributed by atoms with Gasteiger partial charge in [0, 0.05) is 36.7 Å². The van der Waals surface area contributed by atoms with E-state index in [4.69, 9.17) is 4.98 Å². The molecule has 0 atom stereocenters. The molecule has 0 saturated heterocycles. The first-order chi connectivity index (χ1) is 17.3. The predicted octanol–water partition coefficient (Wildman–Crippen LogP) is 3.68. The first kappa shape index (κ1) is 22.4. The summed E-state index contributed by atoms with van der Waals surface area (Å²) < 4.78 is 3.42. The number of anilines is 2. The molecule has 4 aromatic rings. The maximum Gasteiger partial charge on any atom is 0.278 e. The van der Waals surface area contributed by atoms with Crippen LogP contribution in [0.3, 0.4) is 0 Å². The van der Waals surface area contributed by atoms with Crippen molar-refractivity contribution in [1.29, 1.82) is 5.26 Å². The van der Waals surface area contributed by atoms with Gasteiger partial charge in [0.25, 0.3) is 5.56 Å². The van der Waals surface area contributed by atoms with E-state index in [0.29, 0.717) is 29.2 Å². The van der Waals surface area contributed by atoms with Crippen LogP contribution in [-0.2, 0) is 23.9 Å². The van der Waals surface area contributed by atoms with Gasteiger partial charge in [-0.3, -0.25) is 9.78 Å². The summed E-state index contributed by atoms with van der Waals surface area (Å²) in [6, 6.07) is 12.4. The zero-order valence-electron chi connectivity index (χ0n) is 20.7. The second-order valence-electron chi connectivity index (χ2n) is 10.2. The Hall–Kier alpha value is -4.03. The maximum atomic E-state index is 13.2. The molecule has 4 heterocycles. The second-order valence-corrected chi connectivity index (χ2v) is 10.2. The minimum absolute atomic E-state index is 0.159. The highest BCUT2D eigenvalue weighted by Crippen LogP contribution is 2.48. The molecule has 3 aromatic heterocycles. The van der Waals surface area contributed by atoms with Crippen molar-refractivity contribution < 1.29 is 0 Å². The molecule has 9 heteroatoms. The van der Waals surface area contributed by atoms with Gasteiger partial charge in [-0.25, -0.2) is 14.3 Å². The molecule has 1 aromatic carbocycles. The van der Waals surface area contributed by atoms with Crippen LogP contribution < -0.4 is 16.2 Å². The zero-order chi connectivity index (χ0) is 25.1. The zero-order valence-corrected chi connectivity index (χ0v) is 20.7. The smallest absolute Gasteiger partial charge is 0.278 e. The van der Waals surface area contributed by atoms with E-state index in [2.05, 4.69) is 44.9 Å². The average molecular weight is 481 g/mol. The quantitative estimate of drug-likeness (QED) is 0.448. The van der Waals surface area contributed by atoms with E-state index >= 15 is 0 Å². The van der Waals surface area contributed by atoms with Gasteiger partial charge in [0.05, 0.1) is 22.9 Å². The summed E-state index contributed by atoms with van der Waals surface area (Å²) in [5.41, 5.74) is 4.80. The highest BCUT2D eigenvalue weighted by molar-refractivity contribution is 5.77. The molecular formula is C27H28N8O. The molecule has 6 rings (SSSR count). The van der Waals surface area contributed by atoms with Crippen molar-refractivity contribution in [3.05, 3.63) is 69.9 Å². The van der Waals surface area contributed by atoms with Crippen molar-refractivity contribution >= 4 is 22.7 Å². The third kappa shape index (κ3) is 3.48. The van der Waals surface area contributed by atoms with E-state index in [1.165, 1.54) is 24.0 Å². The number of nitrogens with zero attached hydrogens (tertiary/aromatic N) is 6. The van der Waals surface area contributed by atoms with Gasteiger partial charge in [0.2, 0.25) is 5.95 Å². The molecular weight excluding hydrogens is 452 g/mol. The largest absolute Gasteiger partial charge is 0.324 e. The molecule has 1 aliphatic heterocycles. The summed E-state index contributed by atoms with van der Waals surface area (Å²) in [4.78, 5) is 26.8. The van der Waals surface area contributed by atoms with Gasteiger partial charge in [0.15, 0.2) is 5.65 Å². The van der Waals surface area contributed by atoms with Crippen molar-refractivity contribution in [2.24, 2.45) is 0 Å². The summed E-state index contributed by atoms with van der Waals surface area (Å²) in [5.74, 6) is 0.422. The number of fused-ring (bicyclic) bond motifs is 3. The van der Waals surface area contributed by atoms with E-state index in [1.54, 1.807) is 21.8 Å². The van der Waals surface area contributed by atoms with Gasteiger partial charge in [-0.1, -0.05) is 6.07 Å². The number of pyridine rings is 1. The monoisotopic (exact) mass is 480 g/mol. The molecule has 0 bridgehead atoms. The lowest BCUT2D eigenvalue weighted by molar-refractivity contribution is 0.490. The van der Waals surface area contributed by atoms with Gasteiger partial charge in [-0.2, -0.15) is 10.2 Å². The number of nitrogens with one attached hydrogen (secondary N) is 2. The lowest BCUT2D eigenvalue weighted by Crippen LogP contribution is -2.36. The topological polar surface area (TPSA) is 113 Å². The summed E-state index contributed by atoms with van der Waals surface area (Å²) >= 11 is 0. The van der Waals surface area contributed by atoms with Crippen LogP contribution in [-0.4, -0.2) is 30.9 Å². The van der Waals surface area contributed by atoms with Crippen LogP contribution in [0.5, 0.6) is 0 Å². The van der Waals surface area contributed by atoms with Crippen LogP contribution in [0.15, 0.2) is 47.5 Å². The molecule has 9 nitrogen and oxygen atoms in total. The molecule has 182 valence electrons. The van der Waals surface area contributed by atoms with Crippen LogP contribution in [0.2, 0.25) is 0 Å². The maximum absolute atomic E-state index is 13.2. The molecule has 1 fully saturated rings. The number of hydrogen-bond donors (Lipinski definition) is 2. The molecule has 0 amide bonds. The number of rotatable bonds is 5. The Labute approximate surface area is 208 Å². The number of nitriles is 1. The summed E-state index contributed by atoms with van der Waals surface area (Å²) in [6.07, 6.45) is 6.63. The van der Waals surface area contributed by atoms with Crippen molar-refractivity contribution in [2.75, 3.05) is 11.9 Å². The minimum Gasteiger partial charge on any atom is -0.324 e. The van der Waals surface area contributed by atoms with Crippen molar-refractivity contribution in [3.63, 3.8) is 0 Å².